The Morgan fingerprint density at radius 1 is 1.15 bits per heavy atom. The van der Waals surface area contributed by atoms with Gasteiger partial charge in [0, 0.05) is 37.0 Å². The summed E-state index contributed by atoms with van der Waals surface area (Å²) in [5.74, 6) is -0.450. The van der Waals surface area contributed by atoms with E-state index in [0.29, 0.717) is 24.2 Å². The molecule has 1 heterocycles. The summed E-state index contributed by atoms with van der Waals surface area (Å²) in [6.07, 6.45) is 1.37. The molecule has 1 aliphatic rings. The Balaban J connectivity index is 1.63. The van der Waals surface area contributed by atoms with E-state index in [0.717, 1.165) is 17.7 Å². The van der Waals surface area contributed by atoms with Gasteiger partial charge in [0.2, 0.25) is 11.8 Å². The number of hydrogen-bond acceptors (Lipinski definition) is 3. The quantitative estimate of drug-likeness (QED) is 0.886. The first kappa shape index (κ1) is 18.6. The molecule has 0 spiro atoms. The fraction of sp³-hybridized carbons (Fsp3) is 0.286. The second-order valence-electron chi connectivity index (χ2n) is 6.77. The molecule has 0 saturated carbocycles. The normalized spacial score (nSPS) is 13.6. The van der Waals surface area contributed by atoms with Gasteiger partial charge in [-0.05, 0) is 43.7 Å². The van der Waals surface area contributed by atoms with Crippen molar-refractivity contribution in [1.29, 1.82) is 0 Å². The minimum absolute atomic E-state index is 0.0560. The van der Waals surface area contributed by atoms with Gasteiger partial charge in [-0.1, -0.05) is 23.8 Å². The monoisotopic (exact) mass is 365 g/mol. The number of amides is 3. The molecule has 27 heavy (non-hydrogen) atoms. The molecule has 1 N–H and O–H groups in total. The van der Waals surface area contributed by atoms with E-state index in [1.165, 1.54) is 4.90 Å². The molecule has 0 radical (unpaired) electrons. The molecular weight excluding hydrogens is 342 g/mol. The fourth-order valence-electron chi connectivity index (χ4n) is 3.07. The van der Waals surface area contributed by atoms with E-state index in [4.69, 9.17) is 0 Å². The van der Waals surface area contributed by atoms with Gasteiger partial charge >= 0.3 is 0 Å². The molecule has 140 valence electrons. The van der Waals surface area contributed by atoms with Crippen molar-refractivity contribution < 1.29 is 14.4 Å². The smallest absolute Gasteiger partial charge is 0.254 e. The molecule has 1 saturated heterocycles. The largest absolute Gasteiger partial charge is 0.332 e. The molecule has 0 atom stereocenters. The van der Waals surface area contributed by atoms with Crippen LogP contribution in [0.15, 0.2) is 48.5 Å². The van der Waals surface area contributed by atoms with Crippen LogP contribution in [0.4, 0.5) is 11.4 Å². The minimum Gasteiger partial charge on any atom is -0.332 e. The van der Waals surface area contributed by atoms with Gasteiger partial charge in [0.15, 0.2) is 0 Å². The van der Waals surface area contributed by atoms with Crippen LogP contribution in [0.2, 0.25) is 0 Å². The van der Waals surface area contributed by atoms with E-state index in [1.54, 1.807) is 30.1 Å². The standard InChI is InChI=1S/C21H23N3O3/c1-15-8-10-17(11-9-15)22-19(25)14-23(2)21(27)16-5-3-6-18(13-16)24-12-4-7-20(24)26/h3,5-6,8-11,13H,4,7,12,14H2,1-2H3,(H,22,25). The third-order valence-electron chi connectivity index (χ3n) is 4.54. The number of rotatable bonds is 5. The summed E-state index contributed by atoms with van der Waals surface area (Å²) in [6.45, 7) is 2.59. The summed E-state index contributed by atoms with van der Waals surface area (Å²) in [6, 6.07) is 14.5. The van der Waals surface area contributed by atoms with E-state index >= 15 is 0 Å². The molecule has 6 heteroatoms. The highest BCUT2D eigenvalue weighted by Gasteiger charge is 2.23. The number of nitrogens with one attached hydrogen (secondary N) is 1. The third kappa shape index (κ3) is 4.53. The van der Waals surface area contributed by atoms with Crippen LogP contribution in [0.5, 0.6) is 0 Å². The van der Waals surface area contributed by atoms with Gasteiger partial charge in [0.1, 0.15) is 0 Å². The van der Waals surface area contributed by atoms with Gasteiger partial charge < -0.3 is 15.1 Å². The number of likely N-dealkylation sites (N-methyl/N-ethyl adjacent to an activating group) is 1. The number of benzene rings is 2. The Kier molecular flexibility index (Phi) is 5.54. The second kappa shape index (κ2) is 8.03. The highest BCUT2D eigenvalue weighted by molar-refractivity contribution is 6.01. The number of hydrogen-bond donors (Lipinski definition) is 1. The molecule has 3 amide bonds. The maximum Gasteiger partial charge on any atom is 0.254 e. The van der Waals surface area contributed by atoms with Crippen LogP contribution >= 0.6 is 0 Å². The summed E-state index contributed by atoms with van der Waals surface area (Å²) in [4.78, 5) is 39.8. The van der Waals surface area contributed by atoms with Crippen LogP contribution in [-0.4, -0.2) is 42.8 Å². The molecule has 0 aliphatic carbocycles. The van der Waals surface area contributed by atoms with Crippen LogP contribution in [0, 0.1) is 6.92 Å². The summed E-state index contributed by atoms with van der Waals surface area (Å²) in [7, 11) is 1.59. The van der Waals surface area contributed by atoms with Crippen molar-refractivity contribution in [3.63, 3.8) is 0 Å². The Morgan fingerprint density at radius 2 is 1.89 bits per heavy atom. The summed E-state index contributed by atoms with van der Waals surface area (Å²) < 4.78 is 0. The lowest BCUT2D eigenvalue weighted by molar-refractivity contribution is -0.117. The third-order valence-corrected chi connectivity index (χ3v) is 4.54. The van der Waals surface area contributed by atoms with Crippen molar-refractivity contribution in [1.82, 2.24) is 4.90 Å². The van der Waals surface area contributed by atoms with Gasteiger partial charge in [-0.2, -0.15) is 0 Å². The van der Waals surface area contributed by atoms with Gasteiger partial charge in [0.25, 0.3) is 5.91 Å². The molecule has 1 fully saturated rings. The predicted molar refractivity (Wildman–Crippen MR) is 105 cm³/mol. The first-order chi connectivity index (χ1) is 12.9. The van der Waals surface area contributed by atoms with Crippen molar-refractivity contribution >= 4 is 29.1 Å². The molecule has 1 aliphatic heterocycles. The summed E-state index contributed by atoms with van der Waals surface area (Å²) >= 11 is 0. The van der Waals surface area contributed by atoms with E-state index in [2.05, 4.69) is 5.32 Å². The average Bonchev–Trinajstić information content (AvgIpc) is 3.09. The zero-order valence-corrected chi connectivity index (χ0v) is 15.6. The van der Waals surface area contributed by atoms with Crippen molar-refractivity contribution in [2.45, 2.75) is 19.8 Å². The van der Waals surface area contributed by atoms with E-state index in [9.17, 15) is 14.4 Å². The van der Waals surface area contributed by atoms with Gasteiger partial charge in [-0.3, -0.25) is 14.4 Å². The number of nitrogens with zero attached hydrogens (tertiary/aromatic N) is 2. The van der Waals surface area contributed by atoms with E-state index in [1.807, 2.05) is 37.3 Å². The molecule has 3 rings (SSSR count). The van der Waals surface area contributed by atoms with Crippen LogP contribution in [0.3, 0.4) is 0 Å². The van der Waals surface area contributed by atoms with Crippen LogP contribution < -0.4 is 10.2 Å². The topological polar surface area (TPSA) is 69.7 Å². The summed E-state index contributed by atoms with van der Waals surface area (Å²) in [5.41, 5.74) is 2.98. The van der Waals surface area contributed by atoms with Crippen LogP contribution in [0.25, 0.3) is 0 Å². The lowest BCUT2D eigenvalue weighted by atomic mass is 10.1. The zero-order chi connectivity index (χ0) is 19.4. The molecule has 0 unspecified atom stereocenters. The Labute approximate surface area is 158 Å². The molecule has 0 aromatic heterocycles. The van der Waals surface area contributed by atoms with Crippen molar-refractivity contribution in [3.8, 4) is 0 Å². The Hall–Kier alpha value is -3.15. The minimum atomic E-state index is -0.263. The van der Waals surface area contributed by atoms with Crippen LogP contribution in [-0.2, 0) is 9.59 Å². The Bertz CT molecular complexity index is 861. The first-order valence-electron chi connectivity index (χ1n) is 8.96. The number of anilines is 2. The number of carbonyl (C=O) groups is 3. The lowest BCUT2D eigenvalue weighted by Crippen LogP contribution is -2.35. The lowest BCUT2D eigenvalue weighted by Gasteiger charge is -2.19. The number of aryl methyl sites for hydroxylation is 1. The predicted octanol–water partition coefficient (Wildman–Crippen LogP) is 2.83. The van der Waals surface area contributed by atoms with E-state index < -0.39 is 0 Å². The van der Waals surface area contributed by atoms with Crippen molar-refractivity contribution in [3.05, 3.63) is 59.7 Å². The van der Waals surface area contributed by atoms with E-state index in [-0.39, 0.29) is 24.3 Å². The highest BCUT2D eigenvalue weighted by Crippen LogP contribution is 2.22. The first-order valence-corrected chi connectivity index (χ1v) is 8.96. The molecule has 2 aromatic carbocycles. The average molecular weight is 365 g/mol. The van der Waals surface area contributed by atoms with Gasteiger partial charge in [0.05, 0.1) is 6.54 Å². The highest BCUT2D eigenvalue weighted by atomic mass is 16.2. The fourth-order valence-corrected chi connectivity index (χ4v) is 3.07. The van der Waals surface area contributed by atoms with Gasteiger partial charge in [-0.15, -0.1) is 0 Å². The van der Waals surface area contributed by atoms with Crippen LogP contribution in [0.1, 0.15) is 28.8 Å². The summed E-state index contributed by atoms with van der Waals surface area (Å²) in [5, 5.41) is 2.78. The Morgan fingerprint density at radius 3 is 2.56 bits per heavy atom. The maximum absolute atomic E-state index is 12.7. The second-order valence-corrected chi connectivity index (χ2v) is 6.77. The number of carbonyl (C=O) groups excluding carboxylic acids is 3. The van der Waals surface area contributed by atoms with Crippen molar-refractivity contribution in [2.75, 3.05) is 30.4 Å². The molecule has 2 aromatic rings. The molecule has 6 nitrogen and oxygen atoms in total. The van der Waals surface area contributed by atoms with Crippen molar-refractivity contribution in [2.24, 2.45) is 0 Å². The SMILES string of the molecule is Cc1ccc(NC(=O)CN(C)C(=O)c2cccc(N3CCCC3=O)c2)cc1. The zero-order valence-electron chi connectivity index (χ0n) is 15.6. The van der Waals surface area contributed by atoms with Gasteiger partial charge in [-0.25, -0.2) is 0 Å². The maximum atomic E-state index is 12.7. The molecule has 0 bridgehead atoms. The molecular formula is C21H23N3O3.